The Morgan fingerprint density at radius 3 is 2.89 bits per heavy atom. The van der Waals surface area contributed by atoms with E-state index < -0.39 is 0 Å². The van der Waals surface area contributed by atoms with Crippen LogP contribution in [0.4, 0.5) is 0 Å². The molecule has 2 N–H and O–H groups in total. The molecule has 2 aromatic rings. The van der Waals surface area contributed by atoms with E-state index >= 15 is 0 Å². The number of fused-ring (bicyclic) bond motifs is 1. The molecule has 0 spiro atoms. The molecule has 0 fully saturated rings. The molecule has 0 saturated carbocycles. The fourth-order valence-corrected chi connectivity index (χ4v) is 2.24. The number of rotatable bonds is 3. The second-order valence-corrected chi connectivity index (χ2v) is 5.70. The summed E-state index contributed by atoms with van der Waals surface area (Å²) in [6.07, 6.45) is 1.78. The molecule has 0 amide bonds. The van der Waals surface area contributed by atoms with Crippen LogP contribution < -0.4 is 11.3 Å². The molecule has 1 unspecified atom stereocenters. The van der Waals surface area contributed by atoms with Crippen LogP contribution in [0.1, 0.15) is 6.92 Å². The van der Waals surface area contributed by atoms with Crippen LogP contribution in [0, 0.1) is 5.92 Å². The van der Waals surface area contributed by atoms with Gasteiger partial charge in [0.15, 0.2) is 0 Å². The fourth-order valence-electron chi connectivity index (χ4n) is 1.79. The Bertz CT molecular complexity index is 666. The highest BCUT2D eigenvalue weighted by atomic mass is 79.9. The largest absolute Gasteiger partial charge is 0.393 e. The van der Waals surface area contributed by atoms with E-state index in [0.717, 1.165) is 9.86 Å². The van der Waals surface area contributed by atoms with E-state index in [-0.39, 0.29) is 11.5 Å². The van der Waals surface area contributed by atoms with Gasteiger partial charge in [0.1, 0.15) is 0 Å². The van der Waals surface area contributed by atoms with Gasteiger partial charge in [-0.1, -0.05) is 35.1 Å². The molecule has 0 aliphatic heterocycles. The van der Waals surface area contributed by atoms with Gasteiger partial charge in [-0.25, -0.2) is 0 Å². The van der Waals surface area contributed by atoms with E-state index in [0.29, 0.717) is 16.9 Å². The molecule has 1 aromatic heterocycles. The molecule has 0 aliphatic rings. The van der Waals surface area contributed by atoms with Crippen molar-refractivity contribution in [2.24, 2.45) is 11.7 Å². The Balaban J connectivity index is 2.49. The number of thiocarbonyl (C=S) groups is 1. The lowest BCUT2D eigenvalue weighted by Crippen LogP contribution is -2.28. The number of benzene rings is 1. The van der Waals surface area contributed by atoms with Crippen LogP contribution in [0.3, 0.4) is 0 Å². The minimum absolute atomic E-state index is 0.00518. The van der Waals surface area contributed by atoms with Crippen LogP contribution in [0.2, 0.25) is 0 Å². The Morgan fingerprint density at radius 2 is 2.22 bits per heavy atom. The van der Waals surface area contributed by atoms with Gasteiger partial charge >= 0.3 is 0 Å². The average molecular weight is 325 g/mol. The number of nitrogens with two attached hydrogens (primary N) is 1. The summed E-state index contributed by atoms with van der Waals surface area (Å²) in [6.45, 7) is 2.43. The Hall–Kier alpha value is -1.20. The first-order chi connectivity index (χ1) is 8.49. The third kappa shape index (κ3) is 2.62. The van der Waals surface area contributed by atoms with Crippen molar-refractivity contribution >= 4 is 43.9 Å². The van der Waals surface area contributed by atoms with E-state index in [1.54, 1.807) is 10.8 Å². The zero-order valence-corrected chi connectivity index (χ0v) is 12.3. The standard InChI is InChI=1S/C13H13BrN2OS/c1-8(12(15)18)7-16-5-4-9-6-10(14)2-3-11(9)13(16)17/h2-6,8H,7H2,1H3,(H2,15,18). The first kappa shape index (κ1) is 13.2. The lowest BCUT2D eigenvalue weighted by molar-refractivity contribution is 0.585. The van der Waals surface area contributed by atoms with Crippen molar-refractivity contribution in [2.45, 2.75) is 13.5 Å². The van der Waals surface area contributed by atoms with E-state index in [1.165, 1.54) is 0 Å². The van der Waals surface area contributed by atoms with E-state index in [2.05, 4.69) is 15.9 Å². The molecule has 0 aliphatic carbocycles. The topological polar surface area (TPSA) is 48.0 Å². The van der Waals surface area contributed by atoms with Gasteiger partial charge in [0, 0.05) is 28.5 Å². The third-order valence-electron chi connectivity index (χ3n) is 2.90. The van der Waals surface area contributed by atoms with Crippen LogP contribution in [0.25, 0.3) is 10.8 Å². The summed E-state index contributed by atoms with van der Waals surface area (Å²) in [4.78, 5) is 12.7. The second-order valence-electron chi connectivity index (χ2n) is 4.31. The van der Waals surface area contributed by atoms with Gasteiger partial charge in [0.25, 0.3) is 5.56 Å². The second kappa shape index (κ2) is 5.20. The van der Waals surface area contributed by atoms with E-state index in [4.69, 9.17) is 18.0 Å². The third-order valence-corrected chi connectivity index (χ3v) is 3.79. The zero-order valence-electron chi connectivity index (χ0n) is 9.89. The number of aromatic nitrogens is 1. The van der Waals surface area contributed by atoms with Crippen molar-refractivity contribution in [1.29, 1.82) is 0 Å². The van der Waals surface area contributed by atoms with Crippen LogP contribution in [-0.4, -0.2) is 9.56 Å². The molecular weight excluding hydrogens is 312 g/mol. The van der Waals surface area contributed by atoms with Crippen molar-refractivity contribution in [1.82, 2.24) is 4.57 Å². The molecule has 1 atom stereocenters. The molecule has 2 rings (SSSR count). The Labute approximate surface area is 119 Å². The zero-order chi connectivity index (χ0) is 13.3. The monoisotopic (exact) mass is 324 g/mol. The smallest absolute Gasteiger partial charge is 0.258 e. The molecule has 0 saturated heterocycles. The average Bonchev–Trinajstić information content (AvgIpc) is 2.32. The summed E-state index contributed by atoms with van der Waals surface area (Å²) in [7, 11) is 0. The lowest BCUT2D eigenvalue weighted by atomic mass is 10.1. The molecule has 3 nitrogen and oxygen atoms in total. The first-order valence-corrected chi connectivity index (χ1v) is 6.77. The number of halogens is 1. The Morgan fingerprint density at radius 1 is 1.50 bits per heavy atom. The molecule has 1 heterocycles. The maximum atomic E-state index is 12.3. The van der Waals surface area contributed by atoms with Crippen LogP contribution >= 0.6 is 28.1 Å². The predicted molar refractivity (Wildman–Crippen MR) is 81.9 cm³/mol. The van der Waals surface area contributed by atoms with Crippen molar-refractivity contribution in [3.05, 3.63) is 45.3 Å². The van der Waals surface area contributed by atoms with Gasteiger partial charge < -0.3 is 10.3 Å². The molecule has 5 heteroatoms. The maximum Gasteiger partial charge on any atom is 0.258 e. The molecule has 1 aromatic carbocycles. The minimum atomic E-state index is -0.0110. The van der Waals surface area contributed by atoms with E-state index in [9.17, 15) is 4.79 Å². The van der Waals surface area contributed by atoms with Gasteiger partial charge in [-0.05, 0) is 29.7 Å². The van der Waals surface area contributed by atoms with Gasteiger partial charge in [-0.2, -0.15) is 0 Å². The summed E-state index contributed by atoms with van der Waals surface area (Å²) >= 11 is 8.32. The van der Waals surface area contributed by atoms with Crippen LogP contribution in [-0.2, 0) is 6.54 Å². The maximum absolute atomic E-state index is 12.3. The molecular formula is C13H13BrN2OS. The van der Waals surface area contributed by atoms with Gasteiger partial charge in [0.05, 0.1) is 4.99 Å². The summed E-state index contributed by atoms with van der Waals surface area (Å²) in [6, 6.07) is 7.54. The summed E-state index contributed by atoms with van der Waals surface area (Å²) in [5, 5.41) is 1.63. The van der Waals surface area contributed by atoms with E-state index in [1.807, 2.05) is 31.2 Å². The van der Waals surface area contributed by atoms with Crippen molar-refractivity contribution in [2.75, 3.05) is 0 Å². The lowest BCUT2D eigenvalue weighted by Gasteiger charge is -2.12. The summed E-state index contributed by atoms with van der Waals surface area (Å²) in [5.74, 6) is 0.00518. The molecule has 18 heavy (non-hydrogen) atoms. The molecule has 0 bridgehead atoms. The normalized spacial score (nSPS) is 12.6. The molecule has 94 valence electrons. The van der Waals surface area contributed by atoms with Crippen molar-refractivity contribution in [3.63, 3.8) is 0 Å². The van der Waals surface area contributed by atoms with Crippen molar-refractivity contribution < 1.29 is 0 Å². The SMILES string of the molecule is CC(Cn1ccc2cc(Br)ccc2c1=O)C(N)=S. The minimum Gasteiger partial charge on any atom is -0.393 e. The fraction of sp³-hybridized carbons (Fsp3) is 0.231. The summed E-state index contributed by atoms with van der Waals surface area (Å²) < 4.78 is 2.61. The first-order valence-electron chi connectivity index (χ1n) is 5.57. The van der Waals surface area contributed by atoms with Crippen LogP contribution in [0.5, 0.6) is 0 Å². The number of hydrogen-bond donors (Lipinski definition) is 1. The summed E-state index contributed by atoms with van der Waals surface area (Å²) in [5.41, 5.74) is 5.57. The van der Waals surface area contributed by atoms with Gasteiger partial charge in [0.2, 0.25) is 0 Å². The number of nitrogens with zero attached hydrogens (tertiary/aromatic N) is 1. The number of hydrogen-bond acceptors (Lipinski definition) is 2. The van der Waals surface area contributed by atoms with Gasteiger partial charge in [-0.3, -0.25) is 4.79 Å². The quantitative estimate of drug-likeness (QED) is 0.883. The highest BCUT2D eigenvalue weighted by Crippen LogP contribution is 2.17. The van der Waals surface area contributed by atoms with Gasteiger partial charge in [-0.15, -0.1) is 0 Å². The Kier molecular flexibility index (Phi) is 3.82. The van der Waals surface area contributed by atoms with Crippen molar-refractivity contribution in [3.8, 4) is 0 Å². The highest BCUT2D eigenvalue weighted by Gasteiger charge is 2.09. The molecule has 0 radical (unpaired) electrons. The number of pyridine rings is 1. The van der Waals surface area contributed by atoms with Crippen LogP contribution in [0.15, 0.2) is 39.7 Å². The highest BCUT2D eigenvalue weighted by molar-refractivity contribution is 9.10. The predicted octanol–water partition coefficient (Wildman–Crippen LogP) is 2.69.